The normalized spacial score (nSPS) is 18.2. The van der Waals surface area contributed by atoms with Gasteiger partial charge in [0.2, 0.25) is 0 Å². The average molecular weight is 326 g/mol. The number of hydrogen-bond donors (Lipinski definition) is 2. The predicted octanol–water partition coefficient (Wildman–Crippen LogP) is 1.78. The lowest BCUT2D eigenvalue weighted by molar-refractivity contribution is -0.129. The number of rotatable bonds is 5. The molecule has 1 aliphatic rings. The number of nitrogens with zero attached hydrogens (tertiary/aromatic N) is 1. The third-order valence-corrected chi connectivity index (χ3v) is 3.55. The van der Waals surface area contributed by atoms with Gasteiger partial charge in [-0.05, 0) is 30.7 Å². The Hall–Kier alpha value is -1.79. The maximum absolute atomic E-state index is 12.0. The molecule has 3 amide bonds. The molecule has 6 nitrogen and oxygen atoms in total. The number of hydrogen-bond acceptors (Lipinski definition) is 3. The second-order valence-electron chi connectivity index (χ2n) is 5.05. The molecule has 7 heteroatoms. The summed E-state index contributed by atoms with van der Waals surface area (Å²) in [7, 11) is 0. The number of benzene rings is 1. The van der Waals surface area contributed by atoms with E-state index >= 15 is 0 Å². The molecule has 0 saturated carbocycles. The van der Waals surface area contributed by atoms with Gasteiger partial charge in [-0.2, -0.15) is 0 Å². The van der Waals surface area contributed by atoms with Crippen molar-refractivity contribution < 1.29 is 14.3 Å². The van der Waals surface area contributed by atoms with Crippen LogP contribution in [0.1, 0.15) is 13.3 Å². The second-order valence-corrected chi connectivity index (χ2v) is 5.49. The Kier molecular flexibility index (Phi) is 6.03. The first-order valence-corrected chi connectivity index (χ1v) is 7.67. The van der Waals surface area contributed by atoms with Gasteiger partial charge in [0.25, 0.3) is 5.91 Å². The van der Waals surface area contributed by atoms with Crippen molar-refractivity contribution in [1.82, 2.24) is 10.6 Å². The van der Waals surface area contributed by atoms with Crippen molar-refractivity contribution in [2.75, 3.05) is 31.1 Å². The van der Waals surface area contributed by atoms with E-state index < -0.39 is 0 Å². The van der Waals surface area contributed by atoms with E-state index in [2.05, 4.69) is 10.6 Å². The largest absolute Gasteiger partial charge is 0.365 e. The lowest BCUT2D eigenvalue weighted by Crippen LogP contribution is -2.51. The first kappa shape index (κ1) is 16.6. The number of carbonyl (C=O) groups is 2. The van der Waals surface area contributed by atoms with Gasteiger partial charge in [0.1, 0.15) is 6.61 Å². The van der Waals surface area contributed by atoms with Crippen LogP contribution in [-0.2, 0) is 9.53 Å². The quantitative estimate of drug-likeness (QED) is 0.867. The van der Waals surface area contributed by atoms with E-state index in [-0.39, 0.29) is 24.6 Å². The van der Waals surface area contributed by atoms with Crippen LogP contribution in [0, 0.1) is 0 Å². The zero-order valence-electron chi connectivity index (χ0n) is 12.5. The van der Waals surface area contributed by atoms with Crippen LogP contribution in [0.4, 0.5) is 10.5 Å². The summed E-state index contributed by atoms with van der Waals surface area (Å²) < 4.78 is 5.46. The Morgan fingerprint density at radius 1 is 1.36 bits per heavy atom. The van der Waals surface area contributed by atoms with Crippen molar-refractivity contribution in [3.05, 3.63) is 29.3 Å². The average Bonchev–Trinajstić information content (AvgIpc) is 2.53. The standard InChI is InChI=1S/C15H20ClN3O3/c1-2-7-17-15(21)18-8-13-9-19(14(20)10-22-13)12-5-3-11(16)4-6-12/h3-6,13H,2,7-10H2,1H3,(H2,17,18,21). The number of halogens is 1. The molecule has 1 saturated heterocycles. The Morgan fingerprint density at radius 3 is 2.77 bits per heavy atom. The molecular formula is C15H20ClN3O3. The summed E-state index contributed by atoms with van der Waals surface area (Å²) in [4.78, 5) is 25.1. The van der Waals surface area contributed by atoms with E-state index in [0.29, 0.717) is 24.7 Å². The van der Waals surface area contributed by atoms with Gasteiger partial charge in [0, 0.05) is 23.8 Å². The lowest BCUT2D eigenvalue weighted by Gasteiger charge is -2.32. The Labute approximate surface area is 134 Å². The van der Waals surface area contributed by atoms with Crippen molar-refractivity contribution in [3.8, 4) is 0 Å². The molecule has 2 N–H and O–H groups in total. The highest BCUT2D eigenvalue weighted by atomic mass is 35.5. The Morgan fingerprint density at radius 2 is 2.09 bits per heavy atom. The summed E-state index contributed by atoms with van der Waals surface area (Å²) in [5.41, 5.74) is 0.776. The molecule has 0 radical (unpaired) electrons. The van der Waals surface area contributed by atoms with Crippen LogP contribution >= 0.6 is 11.6 Å². The van der Waals surface area contributed by atoms with Gasteiger partial charge in [0.15, 0.2) is 0 Å². The molecule has 1 atom stereocenters. The first-order chi connectivity index (χ1) is 10.6. The summed E-state index contributed by atoms with van der Waals surface area (Å²) in [6.07, 6.45) is 0.646. The summed E-state index contributed by atoms with van der Waals surface area (Å²) in [6.45, 7) is 3.37. The number of morpholine rings is 1. The van der Waals surface area contributed by atoms with E-state index in [1.165, 1.54) is 0 Å². The molecule has 0 bridgehead atoms. The molecule has 1 aromatic rings. The molecule has 2 rings (SSSR count). The number of carbonyl (C=O) groups excluding carboxylic acids is 2. The molecule has 22 heavy (non-hydrogen) atoms. The van der Waals surface area contributed by atoms with Crippen molar-refractivity contribution in [2.24, 2.45) is 0 Å². The van der Waals surface area contributed by atoms with Crippen LogP contribution in [0.3, 0.4) is 0 Å². The Balaban J connectivity index is 1.89. The van der Waals surface area contributed by atoms with Gasteiger partial charge in [-0.25, -0.2) is 4.79 Å². The second kappa shape index (κ2) is 8.00. The predicted molar refractivity (Wildman–Crippen MR) is 85.2 cm³/mol. The molecule has 1 unspecified atom stereocenters. The summed E-state index contributed by atoms with van der Waals surface area (Å²) in [6, 6.07) is 6.85. The Bertz CT molecular complexity index is 521. The van der Waals surface area contributed by atoms with E-state index in [9.17, 15) is 9.59 Å². The number of ether oxygens (including phenoxy) is 1. The highest BCUT2D eigenvalue weighted by Gasteiger charge is 2.27. The first-order valence-electron chi connectivity index (χ1n) is 7.29. The minimum Gasteiger partial charge on any atom is -0.365 e. The highest BCUT2D eigenvalue weighted by Crippen LogP contribution is 2.20. The fourth-order valence-corrected chi connectivity index (χ4v) is 2.25. The van der Waals surface area contributed by atoms with Crippen LogP contribution in [-0.4, -0.2) is 44.3 Å². The van der Waals surface area contributed by atoms with Crippen molar-refractivity contribution in [1.29, 1.82) is 0 Å². The van der Waals surface area contributed by atoms with Gasteiger partial charge in [-0.1, -0.05) is 18.5 Å². The third kappa shape index (κ3) is 4.61. The molecule has 0 spiro atoms. The fourth-order valence-electron chi connectivity index (χ4n) is 2.13. The molecule has 1 aliphatic heterocycles. The van der Waals surface area contributed by atoms with Crippen LogP contribution in [0.5, 0.6) is 0 Å². The van der Waals surface area contributed by atoms with Crippen LogP contribution in [0.25, 0.3) is 0 Å². The fraction of sp³-hybridized carbons (Fsp3) is 0.467. The number of nitrogens with one attached hydrogen (secondary N) is 2. The van der Waals surface area contributed by atoms with E-state index in [1.807, 2.05) is 6.92 Å². The highest BCUT2D eigenvalue weighted by molar-refractivity contribution is 6.30. The number of urea groups is 1. The minimum atomic E-state index is -0.235. The van der Waals surface area contributed by atoms with Crippen LogP contribution in [0.15, 0.2) is 24.3 Å². The zero-order chi connectivity index (χ0) is 15.9. The lowest BCUT2D eigenvalue weighted by atomic mass is 10.2. The molecule has 0 aromatic heterocycles. The SMILES string of the molecule is CCCNC(=O)NCC1CN(c2ccc(Cl)cc2)C(=O)CO1. The summed E-state index contributed by atoms with van der Waals surface area (Å²) >= 11 is 5.86. The van der Waals surface area contributed by atoms with Crippen molar-refractivity contribution in [3.63, 3.8) is 0 Å². The van der Waals surface area contributed by atoms with Gasteiger partial charge in [0.05, 0.1) is 12.6 Å². The van der Waals surface area contributed by atoms with Gasteiger partial charge >= 0.3 is 6.03 Å². The summed E-state index contributed by atoms with van der Waals surface area (Å²) in [5.74, 6) is -0.103. The molecule has 1 fully saturated rings. The molecule has 0 aliphatic carbocycles. The minimum absolute atomic E-state index is 0.00551. The maximum Gasteiger partial charge on any atom is 0.314 e. The van der Waals surface area contributed by atoms with Crippen molar-refractivity contribution >= 4 is 29.2 Å². The van der Waals surface area contributed by atoms with Crippen LogP contribution in [0.2, 0.25) is 5.02 Å². The molecule has 1 aromatic carbocycles. The van der Waals surface area contributed by atoms with Gasteiger partial charge in [-0.3, -0.25) is 4.79 Å². The maximum atomic E-state index is 12.0. The van der Waals surface area contributed by atoms with E-state index in [0.717, 1.165) is 12.1 Å². The topological polar surface area (TPSA) is 70.7 Å². The van der Waals surface area contributed by atoms with Crippen LogP contribution < -0.4 is 15.5 Å². The van der Waals surface area contributed by atoms with E-state index in [1.54, 1.807) is 29.2 Å². The number of amides is 3. The molecule has 1 heterocycles. The number of anilines is 1. The zero-order valence-corrected chi connectivity index (χ0v) is 13.2. The van der Waals surface area contributed by atoms with Crippen molar-refractivity contribution in [2.45, 2.75) is 19.4 Å². The van der Waals surface area contributed by atoms with Gasteiger partial charge < -0.3 is 20.3 Å². The molecule has 120 valence electrons. The monoisotopic (exact) mass is 325 g/mol. The molecular weight excluding hydrogens is 306 g/mol. The summed E-state index contributed by atoms with van der Waals surface area (Å²) in [5, 5.41) is 6.10. The van der Waals surface area contributed by atoms with E-state index in [4.69, 9.17) is 16.3 Å². The third-order valence-electron chi connectivity index (χ3n) is 3.29. The smallest absolute Gasteiger partial charge is 0.314 e. The van der Waals surface area contributed by atoms with Gasteiger partial charge in [-0.15, -0.1) is 0 Å².